The van der Waals surface area contributed by atoms with E-state index in [4.69, 9.17) is 0 Å². The number of piperidine rings is 1. The van der Waals surface area contributed by atoms with Crippen molar-refractivity contribution >= 4 is 17.5 Å². The topological polar surface area (TPSA) is 40.6 Å². The van der Waals surface area contributed by atoms with Crippen molar-refractivity contribution in [2.75, 3.05) is 18.0 Å². The van der Waals surface area contributed by atoms with Gasteiger partial charge in [0.25, 0.3) is 0 Å². The van der Waals surface area contributed by atoms with Gasteiger partial charge in [-0.05, 0) is 50.3 Å². The van der Waals surface area contributed by atoms with Gasteiger partial charge in [0.05, 0.1) is 6.54 Å². The van der Waals surface area contributed by atoms with Crippen LogP contribution in [-0.2, 0) is 16.1 Å². The van der Waals surface area contributed by atoms with Crippen LogP contribution < -0.4 is 4.90 Å². The van der Waals surface area contributed by atoms with Gasteiger partial charge < -0.3 is 9.80 Å². The maximum absolute atomic E-state index is 13.4. The number of carbonyl (C=O) groups is 2. The standard InChI is InChI=1S/C24H28N2O2/c1-18-7-11-22(12-8-18)26(17-19-5-3-2-4-6-19)24(28)21-13-15-25(16-14-21)23(27)20-9-10-20/h2-8,11-12,20-21H,9-10,13-17H2,1H3. The molecule has 4 nitrogen and oxygen atoms in total. The van der Waals surface area contributed by atoms with Gasteiger partial charge in [-0.2, -0.15) is 0 Å². The van der Waals surface area contributed by atoms with Crippen LogP contribution in [0.15, 0.2) is 54.6 Å². The molecule has 28 heavy (non-hydrogen) atoms. The molecule has 1 aliphatic heterocycles. The van der Waals surface area contributed by atoms with Crippen LogP contribution in [0.1, 0.15) is 36.8 Å². The van der Waals surface area contributed by atoms with Gasteiger partial charge in [-0.1, -0.05) is 48.0 Å². The molecule has 0 bridgehead atoms. The largest absolute Gasteiger partial charge is 0.342 e. The van der Waals surface area contributed by atoms with E-state index in [1.54, 1.807) is 0 Å². The van der Waals surface area contributed by atoms with Crippen LogP contribution in [0.3, 0.4) is 0 Å². The Kier molecular flexibility index (Phi) is 5.47. The van der Waals surface area contributed by atoms with Crippen molar-refractivity contribution in [3.63, 3.8) is 0 Å². The molecule has 0 atom stereocenters. The second-order valence-electron chi connectivity index (χ2n) is 8.12. The van der Waals surface area contributed by atoms with E-state index in [1.165, 1.54) is 5.56 Å². The number of aryl methyl sites for hydroxylation is 1. The fraction of sp³-hybridized carbons (Fsp3) is 0.417. The molecule has 0 aromatic heterocycles. The molecule has 1 saturated carbocycles. The van der Waals surface area contributed by atoms with Crippen molar-refractivity contribution in [2.45, 2.75) is 39.2 Å². The van der Waals surface area contributed by atoms with E-state index in [-0.39, 0.29) is 17.7 Å². The zero-order valence-electron chi connectivity index (χ0n) is 16.5. The van der Waals surface area contributed by atoms with E-state index in [0.717, 1.165) is 36.9 Å². The minimum atomic E-state index is -0.0201. The smallest absolute Gasteiger partial charge is 0.230 e. The molecule has 4 rings (SSSR count). The van der Waals surface area contributed by atoms with Crippen molar-refractivity contribution in [1.82, 2.24) is 4.90 Å². The van der Waals surface area contributed by atoms with Crippen LogP contribution in [-0.4, -0.2) is 29.8 Å². The maximum atomic E-state index is 13.4. The van der Waals surface area contributed by atoms with Crippen molar-refractivity contribution in [2.24, 2.45) is 11.8 Å². The van der Waals surface area contributed by atoms with Crippen LogP contribution in [0.4, 0.5) is 5.69 Å². The number of benzene rings is 2. The van der Waals surface area contributed by atoms with Gasteiger partial charge in [-0.3, -0.25) is 9.59 Å². The highest BCUT2D eigenvalue weighted by Crippen LogP contribution is 2.33. The molecule has 0 N–H and O–H groups in total. The van der Waals surface area contributed by atoms with Crippen molar-refractivity contribution in [3.8, 4) is 0 Å². The molecule has 2 aliphatic rings. The second-order valence-corrected chi connectivity index (χ2v) is 8.12. The lowest BCUT2D eigenvalue weighted by Gasteiger charge is -2.34. The minimum Gasteiger partial charge on any atom is -0.342 e. The van der Waals surface area contributed by atoms with Crippen LogP contribution in [0.25, 0.3) is 0 Å². The zero-order chi connectivity index (χ0) is 19.5. The molecule has 146 valence electrons. The highest BCUT2D eigenvalue weighted by molar-refractivity contribution is 5.95. The van der Waals surface area contributed by atoms with Crippen LogP contribution in [0.5, 0.6) is 0 Å². The summed E-state index contributed by atoms with van der Waals surface area (Å²) in [5.74, 6) is 0.708. The molecular weight excluding hydrogens is 348 g/mol. The van der Waals surface area contributed by atoms with E-state index in [0.29, 0.717) is 25.5 Å². The van der Waals surface area contributed by atoms with Gasteiger partial charge in [0.1, 0.15) is 0 Å². The first-order valence-electron chi connectivity index (χ1n) is 10.3. The zero-order valence-corrected chi connectivity index (χ0v) is 16.5. The summed E-state index contributed by atoms with van der Waals surface area (Å²) < 4.78 is 0. The molecule has 0 unspecified atom stereocenters. The van der Waals surface area contributed by atoms with Crippen molar-refractivity contribution < 1.29 is 9.59 Å². The Labute approximate surface area is 167 Å². The molecular formula is C24H28N2O2. The Morgan fingerprint density at radius 3 is 2.14 bits per heavy atom. The molecule has 2 fully saturated rings. The van der Waals surface area contributed by atoms with E-state index >= 15 is 0 Å². The second kappa shape index (κ2) is 8.17. The molecule has 2 aromatic carbocycles. The van der Waals surface area contributed by atoms with Gasteiger partial charge in [0.15, 0.2) is 0 Å². The lowest BCUT2D eigenvalue weighted by Crippen LogP contribution is -2.44. The summed E-state index contributed by atoms with van der Waals surface area (Å²) in [5.41, 5.74) is 3.25. The van der Waals surface area contributed by atoms with Crippen LogP contribution in [0, 0.1) is 18.8 Å². The number of likely N-dealkylation sites (tertiary alicyclic amines) is 1. The summed E-state index contributed by atoms with van der Waals surface area (Å²) in [6, 6.07) is 18.3. The molecule has 0 radical (unpaired) electrons. The van der Waals surface area contributed by atoms with E-state index in [9.17, 15) is 9.59 Å². The Bertz CT molecular complexity index is 819. The first-order chi connectivity index (χ1) is 13.6. The number of hydrogen-bond donors (Lipinski definition) is 0. The monoisotopic (exact) mass is 376 g/mol. The SMILES string of the molecule is Cc1ccc(N(Cc2ccccc2)C(=O)C2CCN(C(=O)C3CC3)CC2)cc1. The predicted octanol–water partition coefficient (Wildman–Crippen LogP) is 4.18. The summed E-state index contributed by atoms with van der Waals surface area (Å²) in [4.78, 5) is 29.6. The molecule has 1 aliphatic carbocycles. The summed E-state index contributed by atoms with van der Waals surface area (Å²) in [6.07, 6.45) is 3.59. The number of carbonyl (C=O) groups excluding carboxylic acids is 2. The number of rotatable bonds is 5. The lowest BCUT2D eigenvalue weighted by molar-refractivity contribution is -0.136. The molecule has 2 amide bonds. The normalized spacial score (nSPS) is 17.4. The third kappa shape index (κ3) is 4.27. The highest BCUT2D eigenvalue weighted by atomic mass is 16.2. The number of amides is 2. The molecule has 2 aromatic rings. The van der Waals surface area contributed by atoms with E-state index in [2.05, 4.69) is 31.2 Å². The van der Waals surface area contributed by atoms with Crippen molar-refractivity contribution in [3.05, 3.63) is 65.7 Å². The summed E-state index contributed by atoms with van der Waals surface area (Å²) in [5, 5.41) is 0. The Morgan fingerprint density at radius 1 is 0.893 bits per heavy atom. The molecule has 4 heteroatoms. The lowest BCUT2D eigenvalue weighted by atomic mass is 9.94. The fourth-order valence-corrected chi connectivity index (χ4v) is 3.94. The fourth-order valence-electron chi connectivity index (χ4n) is 3.94. The van der Waals surface area contributed by atoms with Gasteiger partial charge >= 0.3 is 0 Å². The van der Waals surface area contributed by atoms with Crippen LogP contribution >= 0.6 is 0 Å². The molecule has 0 spiro atoms. The first kappa shape index (κ1) is 18.7. The molecule has 1 saturated heterocycles. The average molecular weight is 377 g/mol. The van der Waals surface area contributed by atoms with Gasteiger partial charge in [0, 0.05) is 30.6 Å². The van der Waals surface area contributed by atoms with Gasteiger partial charge in [-0.25, -0.2) is 0 Å². The highest BCUT2D eigenvalue weighted by Gasteiger charge is 2.36. The minimum absolute atomic E-state index is 0.0201. The maximum Gasteiger partial charge on any atom is 0.230 e. The van der Waals surface area contributed by atoms with Crippen LogP contribution in [0.2, 0.25) is 0 Å². The summed E-state index contributed by atoms with van der Waals surface area (Å²) in [7, 11) is 0. The van der Waals surface area contributed by atoms with Gasteiger partial charge in [-0.15, -0.1) is 0 Å². The molecule has 1 heterocycles. The van der Waals surface area contributed by atoms with E-state index < -0.39 is 0 Å². The first-order valence-corrected chi connectivity index (χ1v) is 10.3. The Morgan fingerprint density at radius 2 is 1.54 bits per heavy atom. The van der Waals surface area contributed by atoms with Crippen molar-refractivity contribution in [1.29, 1.82) is 0 Å². The van der Waals surface area contributed by atoms with Gasteiger partial charge in [0.2, 0.25) is 11.8 Å². The number of hydrogen-bond acceptors (Lipinski definition) is 2. The Hall–Kier alpha value is -2.62. The predicted molar refractivity (Wildman–Crippen MR) is 111 cm³/mol. The third-order valence-electron chi connectivity index (χ3n) is 5.88. The summed E-state index contributed by atoms with van der Waals surface area (Å²) in [6.45, 7) is 4.04. The number of anilines is 1. The quantitative estimate of drug-likeness (QED) is 0.786. The summed E-state index contributed by atoms with van der Waals surface area (Å²) >= 11 is 0. The number of nitrogens with zero attached hydrogens (tertiary/aromatic N) is 2. The average Bonchev–Trinajstić information content (AvgIpc) is 3.58. The van der Waals surface area contributed by atoms with E-state index in [1.807, 2.05) is 40.1 Å². The third-order valence-corrected chi connectivity index (χ3v) is 5.88. The Balaban J connectivity index is 1.48.